The van der Waals surface area contributed by atoms with E-state index in [1.165, 1.54) is 77.0 Å². The number of aryl methyl sites for hydroxylation is 2. The lowest BCUT2D eigenvalue weighted by Gasteiger charge is -2.32. The van der Waals surface area contributed by atoms with E-state index in [1.54, 1.807) is 0 Å². The fraction of sp³-hybridized carbons (Fsp3) is 0.684. The lowest BCUT2D eigenvalue weighted by molar-refractivity contribution is -0.697. The van der Waals surface area contributed by atoms with Crippen LogP contribution in [0, 0.1) is 0 Å². The summed E-state index contributed by atoms with van der Waals surface area (Å²) < 4.78 is 4.51. The minimum Gasteiger partial charge on any atom is -0.338 e. The van der Waals surface area contributed by atoms with Gasteiger partial charge in [0, 0.05) is 50.2 Å². The van der Waals surface area contributed by atoms with Crippen molar-refractivity contribution in [3.8, 4) is 0 Å². The van der Waals surface area contributed by atoms with Crippen LogP contribution in [0.5, 0.6) is 0 Å². The molecule has 1 aliphatic carbocycles. The van der Waals surface area contributed by atoms with Crippen LogP contribution in [0.15, 0.2) is 61.2 Å². The van der Waals surface area contributed by atoms with Crippen LogP contribution in [0.3, 0.4) is 0 Å². The zero-order valence-electron chi connectivity index (χ0n) is 28.6. The molecule has 2 aromatic rings. The van der Waals surface area contributed by atoms with E-state index in [4.69, 9.17) is 0 Å². The molecular formula is C38H64N6O2+2. The molecule has 8 nitrogen and oxygen atoms in total. The number of nitrogens with one attached hydrogen (secondary N) is 4. The SMILES string of the molecule is O=C(NCCCCCCCCCC[n+]1ccccc1)N[C@H]1CCCC[C@@H]1NC(=O)NCCCCCCCCCC[n+]1ccccc1. The summed E-state index contributed by atoms with van der Waals surface area (Å²) in [6, 6.07) is 12.2. The summed E-state index contributed by atoms with van der Waals surface area (Å²) >= 11 is 0. The first-order chi connectivity index (χ1) is 22.7. The van der Waals surface area contributed by atoms with Crippen LogP contribution in [0.4, 0.5) is 9.59 Å². The van der Waals surface area contributed by atoms with Crippen LogP contribution in [0.1, 0.15) is 128 Å². The third kappa shape index (κ3) is 18.1. The molecular weight excluding hydrogens is 572 g/mol. The van der Waals surface area contributed by atoms with Gasteiger partial charge >= 0.3 is 12.1 Å². The third-order valence-corrected chi connectivity index (χ3v) is 9.21. The van der Waals surface area contributed by atoms with Crippen LogP contribution < -0.4 is 30.4 Å². The van der Waals surface area contributed by atoms with Gasteiger partial charge in [0.2, 0.25) is 0 Å². The summed E-state index contributed by atoms with van der Waals surface area (Å²) in [5, 5.41) is 12.3. The first-order valence-corrected chi connectivity index (χ1v) is 18.7. The molecule has 2 atom stereocenters. The first kappa shape index (κ1) is 37.3. The molecule has 256 valence electrons. The second-order valence-corrected chi connectivity index (χ2v) is 13.2. The first-order valence-electron chi connectivity index (χ1n) is 18.7. The molecule has 0 spiro atoms. The molecule has 0 unspecified atom stereocenters. The molecule has 0 saturated heterocycles. The molecule has 1 aliphatic rings. The Morgan fingerprint density at radius 1 is 0.457 bits per heavy atom. The molecule has 4 N–H and O–H groups in total. The Morgan fingerprint density at radius 3 is 1.15 bits per heavy atom. The highest BCUT2D eigenvalue weighted by molar-refractivity contribution is 5.75. The number of carbonyl (C=O) groups excluding carboxylic acids is 2. The number of hydrogen-bond donors (Lipinski definition) is 4. The predicted molar refractivity (Wildman–Crippen MR) is 186 cm³/mol. The average Bonchev–Trinajstić information content (AvgIpc) is 3.08. The fourth-order valence-corrected chi connectivity index (χ4v) is 6.45. The highest BCUT2D eigenvalue weighted by Crippen LogP contribution is 2.18. The number of hydrogen-bond acceptors (Lipinski definition) is 2. The van der Waals surface area contributed by atoms with Gasteiger partial charge in [-0.25, -0.2) is 18.7 Å². The van der Waals surface area contributed by atoms with Gasteiger partial charge in [0.25, 0.3) is 0 Å². The summed E-state index contributed by atoms with van der Waals surface area (Å²) in [6.07, 6.45) is 32.2. The van der Waals surface area contributed by atoms with Gasteiger partial charge < -0.3 is 21.3 Å². The highest BCUT2D eigenvalue weighted by atomic mass is 16.2. The molecule has 1 fully saturated rings. The van der Waals surface area contributed by atoms with Gasteiger partial charge in [-0.05, 0) is 38.5 Å². The average molecular weight is 637 g/mol. The molecule has 0 aromatic carbocycles. The maximum absolute atomic E-state index is 12.6. The molecule has 4 amide bonds. The smallest absolute Gasteiger partial charge is 0.315 e. The van der Waals surface area contributed by atoms with Crippen LogP contribution in [-0.2, 0) is 13.1 Å². The van der Waals surface area contributed by atoms with Crippen molar-refractivity contribution in [3.05, 3.63) is 61.2 Å². The van der Waals surface area contributed by atoms with Gasteiger partial charge in [0.15, 0.2) is 24.8 Å². The van der Waals surface area contributed by atoms with Crippen molar-refractivity contribution in [3.63, 3.8) is 0 Å². The van der Waals surface area contributed by atoms with E-state index >= 15 is 0 Å². The van der Waals surface area contributed by atoms with E-state index in [0.717, 1.165) is 64.5 Å². The van der Waals surface area contributed by atoms with E-state index in [0.29, 0.717) is 13.1 Å². The normalized spacial score (nSPS) is 16.1. The Labute approximate surface area is 279 Å². The lowest BCUT2D eigenvalue weighted by atomic mass is 9.90. The Morgan fingerprint density at radius 2 is 0.783 bits per heavy atom. The summed E-state index contributed by atoms with van der Waals surface area (Å²) in [5.41, 5.74) is 0. The lowest BCUT2D eigenvalue weighted by Crippen LogP contribution is -2.56. The third-order valence-electron chi connectivity index (χ3n) is 9.21. The zero-order valence-corrected chi connectivity index (χ0v) is 28.6. The molecule has 3 rings (SSSR count). The van der Waals surface area contributed by atoms with Crippen molar-refractivity contribution in [2.24, 2.45) is 0 Å². The number of amides is 4. The number of urea groups is 2. The highest BCUT2D eigenvalue weighted by Gasteiger charge is 2.27. The molecule has 0 aliphatic heterocycles. The Bertz CT molecular complexity index is 955. The van der Waals surface area contributed by atoms with Crippen molar-refractivity contribution in [1.82, 2.24) is 21.3 Å². The van der Waals surface area contributed by atoms with Crippen LogP contribution in [0.25, 0.3) is 0 Å². The quantitative estimate of drug-likeness (QED) is 0.0731. The van der Waals surface area contributed by atoms with Gasteiger partial charge in [0.1, 0.15) is 13.1 Å². The fourth-order valence-electron chi connectivity index (χ4n) is 6.45. The maximum Gasteiger partial charge on any atom is 0.315 e. The van der Waals surface area contributed by atoms with Gasteiger partial charge in [-0.1, -0.05) is 89.2 Å². The zero-order chi connectivity index (χ0) is 32.3. The predicted octanol–water partition coefficient (Wildman–Crippen LogP) is 7.11. The van der Waals surface area contributed by atoms with E-state index in [1.807, 2.05) is 0 Å². The summed E-state index contributed by atoms with van der Waals surface area (Å²) in [5.74, 6) is 0. The van der Waals surface area contributed by atoms with E-state index in [2.05, 4.69) is 91.6 Å². The molecule has 2 heterocycles. The Hall–Kier alpha value is -3.16. The Kier molecular flexibility index (Phi) is 20.3. The van der Waals surface area contributed by atoms with Crippen molar-refractivity contribution in [1.29, 1.82) is 0 Å². The number of unbranched alkanes of at least 4 members (excludes halogenated alkanes) is 14. The van der Waals surface area contributed by atoms with Crippen molar-refractivity contribution in [2.75, 3.05) is 13.1 Å². The summed E-state index contributed by atoms with van der Waals surface area (Å²) in [6.45, 7) is 3.63. The van der Waals surface area contributed by atoms with Gasteiger partial charge in [-0.15, -0.1) is 0 Å². The van der Waals surface area contributed by atoms with Gasteiger partial charge in [0.05, 0.1) is 12.1 Å². The van der Waals surface area contributed by atoms with E-state index in [9.17, 15) is 9.59 Å². The minimum absolute atomic E-state index is 0.00826. The topological polar surface area (TPSA) is 90.0 Å². The standard InChI is InChI=1S/C38H62N6O2/c45-37(39-27-17-9-5-1-3-7-11-19-29-43-31-21-13-22-32-43)41-35-25-15-16-26-36(35)42-38(46)40-28-18-10-6-2-4-8-12-20-30-44-33-23-14-24-34-44/h13-14,21-24,31-36H,1-12,15-20,25-30H2,(H2-2,39,40,41,42,45,46)/p+2/t35-,36-/m0/s1. The van der Waals surface area contributed by atoms with Crippen molar-refractivity contribution >= 4 is 12.1 Å². The number of pyridine rings is 2. The molecule has 46 heavy (non-hydrogen) atoms. The van der Waals surface area contributed by atoms with Crippen molar-refractivity contribution in [2.45, 2.75) is 154 Å². The largest absolute Gasteiger partial charge is 0.338 e. The van der Waals surface area contributed by atoms with Gasteiger partial charge in [-0.3, -0.25) is 0 Å². The number of carbonyl (C=O) groups is 2. The van der Waals surface area contributed by atoms with Crippen LogP contribution in [0.2, 0.25) is 0 Å². The maximum atomic E-state index is 12.6. The van der Waals surface area contributed by atoms with Crippen molar-refractivity contribution < 1.29 is 18.7 Å². The van der Waals surface area contributed by atoms with Crippen LogP contribution >= 0.6 is 0 Å². The molecule has 0 bridgehead atoms. The number of nitrogens with zero attached hydrogens (tertiary/aromatic N) is 2. The summed E-state index contributed by atoms with van der Waals surface area (Å²) in [4.78, 5) is 25.1. The van der Waals surface area contributed by atoms with Crippen LogP contribution in [-0.4, -0.2) is 37.2 Å². The number of rotatable bonds is 24. The molecule has 1 saturated carbocycles. The Balaban J connectivity index is 1.10. The van der Waals surface area contributed by atoms with E-state index in [-0.39, 0.29) is 24.1 Å². The molecule has 0 radical (unpaired) electrons. The monoisotopic (exact) mass is 637 g/mol. The molecule has 2 aromatic heterocycles. The molecule has 8 heteroatoms. The second-order valence-electron chi connectivity index (χ2n) is 13.2. The number of aromatic nitrogens is 2. The second kappa shape index (κ2) is 25.0. The van der Waals surface area contributed by atoms with Gasteiger partial charge in [-0.2, -0.15) is 0 Å². The minimum atomic E-state index is -0.106. The summed E-state index contributed by atoms with van der Waals surface area (Å²) in [7, 11) is 0. The van der Waals surface area contributed by atoms with E-state index < -0.39 is 0 Å².